The molecular formula is C20H15N2O2S+. The van der Waals surface area contributed by atoms with Gasteiger partial charge in [0.15, 0.2) is 12.4 Å². The summed E-state index contributed by atoms with van der Waals surface area (Å²) in [5.41, 5.74) is 2.21. The lowest BCUT2D eigenvalue weighted by molar-refractivity contribution is -0.693. The van der Waals surface area contributed by atoms with Crippen LogP contribution in [0, 0.1) is 0 Å². The molecule has 25 heavy (non-hydrogen) atoms. The fourth-order valence-electron chi connectivity index (χ4n) is 2.80. The van der Waals surface area contributed by atoms with Crippen molar-refractivity contribution in [3.63, 3.8) is 0 Å². The number of nitrogens with zero attached hydrogens (tertiary/aromatic N) is 2. The van der Waals surface area contributed by atoms with E-state index in [4.69, 9.17) is 0 Å². The maximum atomic E-state index is 12.6. The zero-order valence-corrected chi connectivity index (χ0v) is 14.4. The first-order valence-electron chi connectivity index (χ1n) is 8.04. The summed E-state index contributed by atoms with van der Waals surface area (Å²) in [5, 5.41) is 0.659. The number of carbonyl (C=O) groups excluding carboxylic acids is 2. The lowest BCUT2D eigenvalue weighted by Gasteiger charge is -2.11. The molecule has 2 heterocycles. The smallest absolute Gasteiger partial charge is 0.213 e. The third kappa shape index (κ3) is 2.72. The van der Waals surface area contributed by atoms with E-state index >= 15 is 0 Å². The number of fused-ring (bicyclic) bond motifs is 2. The van der Waals surface area contributed by atoms with Crippen molar-refractivity contribution in [3.05, 3.63) is 81.1 Å². The van der Waals surface area contributed by atoms with Crippen molar-refractivity contribution in [2.24, 2.45) is 0 Å². The Morgan fingerprint density at radius 3 is 2.36 bits per heavy atom. The van der Waals surface area contributed by atoms with Gasteiger partial charge in [-0.25, -0.2) is 9.55 Å². The van der Waals surface area contributed by atoms with E-state index in [0.29, 0.717) is 21.0 Å². The number of aryl methyl sites for hydroxylation is 1. The second-order valence-electron chi connectivity index (χ2n) is 5.73. The summed E-state index contributed by atoms with van der Waals surface area (Å²) in [4.78, 5) is 30.0. The molecule has 0 aliphatic heterocycles. The quantitative estimate of drug-likeness (QED) is 0.534. The Kier molecular flexibility index (Phi) is 3.86. The molecule has 0 fully saturated rings. The van der Waals surface area contributed by atoms with Crippen LogP contribution in [-0.4, -0.2) is 16.6 Å². The van der Waals surface area contributed by atoms with Crippen LogP contribution in [0.25, 0.3) is 12.2 Å². The number of aromatic nitrogens is 2. The summed E-state index contributed by atoms with van der Waals surface area (Å²) in [6, 6.07) is 10.9. The third-order valence-corrected chi connectivity index (χ3v) is 5.20. The molecule has 5 heteroatoms. The Balaban J connectivity index is 1.67. The van der Waals surface area contributed by atoms with E-state index in [0.717, 1.165) is 12.1 Å². The first kappa shape index (κ1) is 15.6. The average molecular weight is 347 g/mol. The monoisotopic (exact) mass is 347 g/mol. The number of benzene rings is 1. The zero-order chi connectivity index (χ0) is 17.4. The molecule has 2 aromatic heterocycles. The van der Waals surface area contributed by atoms with Crippen molar-refractivity contribution in [1.29, 1.82) is 0 Å². The predicted molar refractivity (Wildman–Crippen MR) is 96.7 cm³/mol. The van der Waals surface area contributed by atoms with E-state index in [1.165, 1.54) is 11.3 Å². The molecule has 1 aromatic carbocycles. The summed E-state index contributed by atoms with van der Waals surface area (Å²) in [5.74, 6) is -0.296. The lowest BCUT2D eigenvalue weighted by atomic mass is 9.91. The van der Waals surface area contributed by atoms with Crippen LogP contribution in [-0.2, 0) is 6.54 Å². The van der Waals surface area contributed by atoms with Crippen molar-refractivity contribution >= 4 is 35.1 Å². The summed E-state index contributed by atoms with van der Waals surface area (Å²) in [7, 11) is 0. The van der Waals surface area contributed by atoms with Gasteiger partial charge in [0.1, 0.15) is 22.1 Å². The van der Waals surface area contributed by atoms with Crippen molar-refractivity contribution in [2.75, 3.05) is 0 Å². The molecule has 0 N–H and O–H groups in total. The highest BCUT2D eigenvalue weighted by Gasteiger charge is 2.32. The first-order valence-corrected chi connectivity index (χ1v) is 8.85. The molecule has 1 aliphatic rings. The molecule has 1 aliphatic carbocycles. The summed E-state index contributed by atoms with van der Waals surface area (Å²) in [6.45, 7) is 3.01. The molecule has 4 rings (SSSR count). The number of carbonyl (C=O) groups is 2. The number of pyridine rings is 1. The van der Waals surface area contributed by atoms with E-state index < -0.39 is 0 Å². The summed E-state index contributed by atoms with van der Waals surface area (Å²) >= 11 is 1.26. The number of hydrogen-bond acceptors (Lipinski definition) is 4. The lowest BCUT2D eigenvalue weighted by Crippen LogP contribution is -2.30. The van der Waals surface area contributed by atoms with E-state index in [9.17, 15) is 9.59 Å². The maximum Gasteiger partial charge on any atom is 0.213 e. The molecule has 0 saturated heterocycles. The Morgan fingerprint density at radius 2 is 1.68 bits per heavy atom. The molecular weight excluding hydrogens is 332 g/mol. The molecule has 0 spiro atoms. The van der Waals surface area contributed by atoms with Gasteiger partial charge < -0.3 is 0 Å². The standard InChI is InChI=1S/C20H15N2O2S/c1-2-22-11-9-13(10-12-22)7-8-16-21-17-18(23)14-5-3-4-6-15(14)19(24)20(17)25-16/h3-12H,2H2,1H3/q+1/b8-7+. The van der Waals surface area contributed by atoms with Gasteiger partial charge in [-0.05, 0) is 18.6 Å². The van der Waals surface area contributed by atoms with E-state index in [-0.39, 0.29) is 17.3 Å². The minimum Gasteiger partial charge on any atom is -0.288 e. The molecule has 3 aromatic rings. The number of hydrogen-bond donors (Lipinski definition) is 0. The van der Waals surface area contributed by atoms with Crippen LogP contribution < -0.4 is 4.57 Å². The molecule has 0 radical (unpaired) electrons. The third-order valence-electron chi connectivity index (χ3n) is 4.18. The molecule has 0 unspecified atom stereocenters. The highest BCUT2D eigenvalue weighted by molar-refractivity contribution is 7.15. The van der Waals surface area contributed by atoms with Crippen LogP contribution in [0.4, 0.5) is 0 Å². The van der Waals surface area contributed by atoms with E-state index in [2.05, 4.69) is 16.5 Å². The Bertz CT molecular complexity index is 964. The molecule has 0 amide bonds. The predicted octanol–water partition coefficient (Wildman–Crippen LogP) is 3.40. The van der Waals surface area contributed by atoms with E-state index in [1.54, 1.807) is 24.3 Å². The van der Waals surface area contributed by atoms with Gasteiger partial charge in [0.05, 0.1) is 0 Å². The molecule has 4 nitrogen and oxygen atoms in total. The zero-order valence-electron chi connectivity index (χ0n) is 13.6. The summed E-state index contributed by atoms with van der Waals surface area (Å²) in [6.07, 6.45) is 7.80. The Morgan fingerprint density at radius 1 is 1.00 bits per heavy atom. The number of thiazole rings is 1. The Labute approximate surface area is 149 Å². The topological polar surface area (TPSA) is 50.9 Å². The molecule has 0 saturated carbocycles. The second-order valence-corrected chi connectivity index (χ2v) is 6.76. The van der Waals surface area contributed by atoms with Gasteiger partial charge in [0.25, 0.3) is 0 Å². The van der Waals surface area contributed by atoms with Gasteiger partial charge in [-0.1, -0.05) is 30.3 Å². The van der Waals surface area contributed by atoms with Crippen LogP contribution in [0.3, 0.4) is 0 Å². The maximum absolute atomic E-state index is 12.6. The van der Waals surface area contributed by atoms with Crippen molar-refractivity contribution in [3.8, 4) is 0 Å². The Hall–Kier alpha value is -2.92. The van der Waals surface area contributed by atoms with Gasteiger partial charge >= 0.3 is 0 Å². The fraction of sp³-hybridized carbons (Fsp3) is 0.100. The second kappa shape index (κ2) is 6.18. The van der Waals surface area contributed by atoms with Crippen LogP contribution >= 0.6 is 11.3 Å². The van der Waals surface area contributed by atoms with Crippen LogP contribution in [0.5, 0.6) is 0 Å². The number of ketones is 2. The van der Waals surface area contributed by atoms with Gasteiger partial charge in [0, 0.05) is 23.3 Å². The van der Waals surface area contributed by atoms with E-state index in [1.807, 2.05) is 36.7 Å². The normalized spacial score (nSPS) is 13.2. The molecule has 0 bridgehead atoms. The van der Waals surface area contributed by atoms with Gasteiger partial charge in [-0.3, -0.25) is 9.59 Å². The molecule has 122 valence electrons. The van der Waals surface area contributed by atoms with Gasteiger partial charge in [-0.15, -0.1) is 11.3 Å². The SMILES string of the molecule is CC[n+]1ccc(/C=C/c2nc3c(s2)C(=O)c2ccccc2C3=O)cc1. The first-order chi connectivity index (χ1) is 12.2. The van der Waals surface area contributed by atoms with Crippen LogP contribution in [0.2, 0.25) is 0 Å². The van der Waals surface area contributed by atoms with Crippen molar-refractivity contribution in [1.82, 2.24) is 4.98 Å². The van der Waals surface area contributed by atoms with Crippen LogP contribution in [0.1, 0.15) is 48.8 Å². The van der Waals surface area contributed by atoms with Crippen molar-refractivity contribution in [2.45, 2.75) is 13.5 Å². The number of rotatable bonds is 3. The summed E-state index contributed by atoms with van der Waals surface area (Å²) < 4.78 is 2.08. The average Bonchev–Trinajstić information content (AvgIpc) is 3.10. The largest absolute Gasteiger partial charge is 0.288 e. The van der Waals surface area contributed by atoms with Gasteiger partial charge in [-0.2, -0.15) is 0 Å². The fourth-order valence-corrected chi connectivity index (χ4v) is 3.72. The van der Waals surface area contributed by atoms with Crippen molar-refractivity contribution < 1.29 is 14.2 Å². The minimum atomic E-state index is -0.176. The van der Waals surface area contributed by atoms with Crippen LogP contribution in [0.15, 0.2) is 48.8 Å². The highest BCUT2D eigenvalue weighted by atomic mass is 32.1. The minimum absolute atomic E-state index is 0.119. The van der Waals surface area contributed by atoms with Gasteiger partial charge in [0.2, 0.25) is 11.6 Å². The highest BCUT2D eigenvalue weighted by Crippen LogP contribution is 2.31. The molecule has 0 atom stereocenters.